The molecule has 3 aromatic rings. The molecule has 5 nitrogen and oxygen atoms in total. The van der Waals surface area contributed by atoms with E-state index in [1.807, 2.05) is 30.3 Å². The van der Waals surface area contributed by atoms with Crippen molar-refractivity contribution in [1.82, 2.24) is 15.5 Å². The molecule has 2 N–H and O–H groups in total. The van der Waals surface area contributed by atoms with Gasteiger partial charge < -0.3 is 10.2 Å². The lowest BCUT2D eigenvalue weighted by molar-refractivity contribution is 0.0945. The van der Waals surface area contributed by atoms with E-state index in [-0.39, 0.29) is 5.91 Å². The van der Waals surface area contributed by atoms with Crippen LogP contribution in [0.5, 0.6) is 0 Å². The van der Waals surface area contributed by atoms with Crippen molar-refractivity contribution in [2.75, 3.05) is 24.5 Å². The second-order valence-electron chi connectivity index (χ2n) is 6.26. The molecule has 0 bridgehead atoms. The summed E-state index contributed by atoms with van der Waals surface area (Å²) >= 11 is 0. The first-order valence-corrected chi connectivity index (χ1v) is 8.32. The Morgan fingerprint density at radius 1 is 1.17 bits per heavy atom. The molecular formula is C19H20N4O. The number of anilines is 1. The van der Waals surface area contributed by atoms with E-state index >= 15 is 0 Å². The van der Waals surface area contributed by atoms with Crippen LogP contribution in [-0.4, -0.2) is 35.7 Å². The van der Waals surface area contributed by atoms with Crippen molar-refractivity contribution in [2.45, 2.75) is 6.42 Å². The lowest BCUT2D eigenvalue weighted by Gasteiger charge is -2.18. The van der Waals surface area contributed by atoms with Gasteiger partial charge in [0.15, 0.2) is 5.69 Å². The molecule has 1 saturated heterocycles. The highest BCUT2D eigenvalue weighted by Gasteiger charge is 2.23. The number of carbonyl (C=O) groups is 1. The quantitative estimate of drug-likeness (QED) is 0.777. The van der Waals surface area contributed by atoms with Gasteiger partial charge in [-0.3, -0.25) is 9.89 Å². The Bertz CT molecular complexity index is 843. The van der Waals surface area contributed by atoms with Crippen LogP contribution in [0.2, 0.25) is 0 Å². The Hall–Kier alpha value is -2.82. The molecule has 122 valence electrons. The van der Waals surface area contributed by atoms with Crippen LogP contribution < -0.4 is 10.2 Å². The molecular weight excluding hydrogens is 300 g/mol. The minimum atomic E-state index is -0.106. The monoisotopic (exact) mass is 320 g/mol. The van der Waals surface area contributed by atoms with Crippen LogP contribution in [0.15, 0.2) is 54.6 Å². The molecule has 0 spiro atoms. The van der Waals surface area contributed by atoms with E-state index in [9.17, 15) is 4.79 Å². The van der Waals surface area contributed by atoms with E-state index < -0.39 is 0 Å². The molecule has 1 atom stereocenters. The van der Waals surface area contributed by atoms with Crippen LogP contribution in [0, 0.1) is 5.92 Å². The Labute approximate surface area is 140 Å². The van der Waals surface area contributed by atoms with Crippen molar-refractivity contribution in [1.29, 1.82) is 0 Å². The van der Waals surface area contributed by atoms with Gasteiger partial charge in [0.1, 0.15) is 0 Å². The molecule has 0 aliphatic carbocycles. The van der Waals surface area contributed by atoms with Crippen molar-refractivity contribution in [3.63, 3.8) is 0 Å². The fraction of sp³-hybridized carbons (Fsp3) is 0.263. The number of hydrogen-bond acceptors (Lipinski definition) is 3. The SMILES string of the molecule is O=C(NC[C@H]1CCN(c2ccccc2)C1)c1n[nH]c2ccccc12. The molecule has 1 aliphatic rings. The first kappa shape index (κ1) is 14.8. The largest absolute Gasteiger partial charge is 0.371 e. The number of aromatic nitrogens is 2. The van der Waals surface area contributed by atoms with Gasteiger partial charge in [-0.1, -0.05) is 36.4 Å². The van der Waals surface area contributed by atoms with E-state index in [0.717, 1.165) is 30.4 Å². The zero-order chi connectivity index (χ0) is 16.4. The van der Waals surface area contributed by atoms with Crippen molar-refractivity contribution in [3.8, 4) is 0 Å². The normalized spacial score (nSPS) is 17.3. The second kappa shape index (κ2) is 6.35. The number of amides is 1. The van der Waals surface area contributed by atoms with Gasteiger partial charge in [-0.15, -0.1) is 0 Å². The van der Waals surface area contributed by atoms with Crippen LogP contribution in [0.1, 0.15) is 16.9 Å². The van der Waals surface area contributed by atoms with E-state index in [1.165, 1.54) is 5.69 Å². The number of nitrogens with one attached hydrogen (secondary N) is 2. The van der Waals surface area contributed by atoms with E-state index in [1.54, 1.807) is 0 Å². The Balaban J connectivity index is 1.36. The van der Waals surface area contributed by atoms with Crippen LogP contribution in [0.3, 0.4) is 0 Å². The molecule has 0 unspecified atom stereocenters. The Morgan fingerprint density at radius 3 is 2.83 bits per heavy atom. The van der Waals surface area contributed by atoms with Gasteiger partial charge in [0.25, 0.3) is 5.91 Å². The zero-order valence-electron chi connectivity index (χ0n) is 13.4. The predicted octanol–water partition coefficient (Wildman–Crippen LogP) is 2.82. The summed E-state index contributed by atoms with van der Waals surface area (Å²) in [5.74, 6) is 0.366. The van der Waals surface area contributed by atoms with Gasteiger partial charge in [0.2, 0.25) is 0 Å². The highest BCUT2D eigenvalue weighted by atomic mass is 16.1. The smallest absolute Gasteiger partial charge is 0.272 e. The molecule has 1 aromatic heterocycles. The second-order valence-corrected chi connectivity index (χ2v) is 6.26. The van der Waals surface area contributed by atoms with Gasteiger partial charge in [0.05, 0.1) is 5.52 Å². The fourth-order valence-electron chi connectivity index (χ4n) is 3.33. The first-order valence-electron chi connectivity index (χ1n) is 8.32. The number of nitrogens with zero attached hydrogens (tertiary/aromatic N) is 2. The minimum absolute atomic E-state index is 0.106. The number of aromatic amines is 1. The number of benzene rings is 2. The number of carbonyl (C=O) groups excluding carboxylic acids is 1. The van der Waals surface area contributed by atoms with E-state index in [0.29, 0.717) is 18.2 Å². The van der Waals surface area contributed by atoms with Gasteiger partial charge in [-0.25, -0.2) is 0 Å². The molecule has 5 heteroatoms. The van der Waals surface area contributed by atoms with Crippen molar-refractivity contribution in [2.24, 2.45) is 5.92 Å². The van der Waals surface area contributed by atoms with E-state index in [4.69, 9.17) is 0 Å². The molecule has 1 fully saturated rings. The van der Waals surface area contributed by atoms with Gasteiger partial charge >= 0.3 is 0 Å². The summed E-state index contributed by atoms with van der Waals surface area (Å²) in [5, 5.41) is 11.0. The summed E-state index contributed by atoms with van der Waals surface area (Å²) in [6.07, 6.45) is 1.09. The van der Waals surface area contributed by atoms with Crippen molar-refractivity contribution >= 4 is 22.5 Å². The van der Waals surface area contributed by atoms with Crippen LogP contribution in [-0.2, 0) is 0 Å². The lowest BCUT2D eigenvalue weighted by atomic mass is 10.1. The van der Waals surface area contributed by atoms with Crippen LogP contribution in [0.25, 0.3) is 10.9 Å². The number of H-pyrrole nitrogens is 1. The Morgan fingerprint density at radius 2 is 1.96 bits per heavy atom. The summed E-state index contributed by atoms with van der Waals surface area (Å²) in [7, 11) is 0. The van der Waals surface area contributed by atoms with E-state index in [2.05, 4.69) is 44.7 Å². The third-order valence-electron chi connectivity index (χ3n) is 4.64. The van der Waals surface area contributed by atoms with Crippen molar-refractivity contribution in [3.05, 3.63) is 60.3 Å². The number of rotatable bonds is 4. The number of hydrogen-bond donors (Lipinski definition) is 2. The molecule has 2 heterocycles. The average molecular weight is 320 g/mol. The maximum absolute atomic E-state index is 12.4. The zero-order valence-corrected chi connectivity index (χ0v) is 13.4. The summed E-state index contributed by atoms with van der Waals surface area (Å²) in [6, 6.07) is 18.1. The molecule has 24 heavy (non-hydrogen) atoms. The molecule has 0 saturated carbocycles. The van der Waals surface area contributed by atoms with Crippen LogP contribution in [0.4, 0.5) is 5.69 Å². The minimum Gasteiger partial charge on any atom is -0.371 e. The summed E-state index contributed by atoms with van der Waals surface area (Å²) in [5.41, 5.74) is 2.62. The summed E-state index contributed by atoms with van der Waals surface area (Å²) in [6.45, 7) is 2.70. The highest BCUT2D eigenvalue weighted by Crippen LogP contribution is 2.23. The molecule has 2 aromatic carbocycles. The molecule has 1 amide bonds. The molecule has 0 radical (unpaired) electrons. The average Bonchev–Trinajstić information content (AvgIpc) is 3.27. The highest BCUT2D eigenvalue weighted by molar-refractivity contribution is 6.04. The van der Waals surface area contributed by atoms with Gasteiger partial charge in [0, 0.05) is 30.7 Å². The molecule has 4 rings (SSSR count). The van der Waals surface area contributed by atoms with Crippen molar-refractivity contribution < 1.29 is 4.79 Å². The third kappa shape index (κ3) is 2.85. The maximum atomic E-state index is 12.4. The van der Waals surface area contributed by atoms with Gasteiger partial charge in [-0.05, 0) is 30.5 Å². The molecule has 1 aliphatic heterocycles. The predicted molar refractivity (Wildman–Crippen MR) is 95.2 cm³/mol. The fourth-order valence-corrected chi connectivity index (χ4v) is 3.33. The topological polar surface area (TPSA) is 61.0 Å². The third-order valence-corrected chi connectivity index (χ3v) is 4.64. The summed E-state index contributed by atoms with van der Waals surface area (Å²) < 4.78 is 0. The maximum Gasteiger partial charge on any atom is 0.272 e. The number of para-hydroxylation sites is 2. The number of fused-ring (bicyclic) bond motifs is 1. The standard InChI is InChI=1S/C19H20N4O/c24-19(18-16-8-4-5-9-17(16)21-22-18)20-12-14-10-11-23(13-14)15-6-2-1-3-7-15/h1-9,14H,10-13H2,(H,20,24)(H,21,22)/t14-/m1/s1. The van der Waals surface area contributed by atoms with Gasteiger partial charge in [-0.2, -0.15) is 5.10 Å². The first-order chi connectivity index (χ1) is 11.8. The van der Waals surface area contributed by atoms with Crippen LogP contribution >= 0.6 is 0 Å². The Kier molecular flexibility index (Phi) is 3.91. The lowest BCUT2D eigenvalue weighted by Crippen LogP contribution is -2.31. The summed E-state index contributed by atoms with van der Waals surface area (Å²) in [4.78, 5) is 14.8.